The highest BCUT2D eigenvalue weighted by atomic mass is 16.3. The molecule has 0 saturated heterocycles. The zero-order valence-electron chi connectivity index (χ0n) is 6.28. The Morgan fingerprint density at radius 2 is 2.10 bits per heavy atom. The van der Waals surface area contributed by atoms with E-state index in [9.17, 15) is 0 Å². The van der Waals surface area contributed by atoms with Crippen LogP contribution < -0.4 is 0 Å². The lowest BCUT2D eigenvalue weighted by Crippen LogP contribution is -2.30. The third-order valence-corrected chi connectivity index (χ3v) is 1.38. The number of nitrogens with zero attached hydrogens (tertiary/aromatic N) is 2. The molecule has 0 bridgehead atoms. The highest BCUT2D eigenvalue weighted by Gasteiger charge is 2.11. The topological polar surface area (TPSA) is 58.2 Å². The molecule has 0 aromatic carbocycles. The number of aliphatic hydroxyl groups excluding tert-OH is 1. The van der Waals surface area contributed by atoms with Crippen molar-refractivity contribution in [3.05, 3.63) is 12.4 Å². The van der Waals surface area contributed by atoms with E-state index in [-0.39, 0.29) is 11.7 Å². The Hall–Kier alpha value is -0.740. The average molecular weight is 146 g/mol. The highest BCUT2D eigenvalue weighted by Crippen LogP contribution is 2.05. The van der Waals surface area contributed by atoms with Crippen molar-refractivity contribution >= 4 is 0 Å². The number of rotatable bonds is 1. The van der Waals surface area contributed by atoms with Gasteiger partial charge in [-0.1, -0.05) is 0 Å². The monoisotopic (exact) mass is 146 g/mol. The number of hydrogen-bond donors (Lipinski definition) is 1. The Bertz CT molecular complexity index is 125. The van der Waals surface area contributed by atoms with Gasteiger partial charge >= 0.3 is 0 Å². The first-order valence-corrected chi connectivity index (χ1v) is 3.02. The van der Waals surface area contributed by atoms with Gasteiger partial charge in [0.15, 0.2) is 0 Å². The predicted molar refractivity (Wildman–Crippen MR) is 38.9 cm³/mol. The molecule has 1 rings (SSSR count). The van der Waals surface area contributed by atoms with Gasteiger partial charge in [-0.05, 0) is 6.92 Å². The van der Waals surface area contributed by atoms with Crippen LogP contribution in [0.15, 0.2) is 12.4 Å². The lowest BCUT2D eigenvalue weighted by Gasteiger charge is -2.20. The van der Waals surface area contributed by atoms with Gasteiger partial charge in [0.2, 0.25) is 0 Å². The SMILES string of the molecule is CC(O)N1C=CN(C)C1.O. The Morgan fingerprint density at radius 1 is 1.50 bits per heavy atom. The number of hydrogen-bond acceptors (Lipinski definition) is 3. The van der Waals surface area contributed by atoms with E-state index in [2.05, 4.69) is 0 Å². The van der Waals surface area contributed by atoms with Crippen molar-refractivity contribution < 1.29 is 10.6 Å². The zero-order valence-corrected chi connectivity index (χ0v) is 6.28. The summed E-state index contributed by atoms with van der Waals surface area (Å²) in [6.07, 6.45) is 3.45. The minimum atomic E-state index is -0.369. The molecule has 0 saturated carbocycles. The molecule has 3 N–H and O–H groups in total. The molecule has 0 amide bonds. The molecule has 10 heavy (non-hydrogen) atoms. The molecule has 4 nitrogen and oxygen atoms in total. The summed E-state index contributed by atoms with van der Waals surface area (Å²) in [7, 11) is 1.97. The van der Waals surface area contributed by atoms with E-state index in [1.165, 1.54) is 0 Å². The van der Waals surface area contributed by atoms with Crippen molar-refractivity contribution in [3.63, 3.8) is 0 Å². The van der Waals surface area contributed by atoms with Crippen LogP contribution in [0.3, 0.4) is 0 Å². The lowest BCUT2D eigenvalue weighted by molar-refractivity contribution is 0.0445. The second kappa shape index (κ2) is 3.43. The first-order chi connectivity index (χ1) is 4.20. The van der Waals surface area contributed by atoms with Gasteiger partial charge in [-0.2, -0.15) is 0 Å². The van der Waals surface area contributed by atoms with Crippen LogP contribution in [0.2, 0.25) is 0 Å². The van der Waals surface area contributed by atoms with Gasteiger partial charge in [0, 0.05) is 19.4 Å². The summed E-state index contributed by atoms with van der Waals surface area (Å²) in [4.78, 5) is 3.85. The van der Waals surface area contributed by atoms with Gasteiger partial charge in [0.1, 0.15) is 6.23 Å². The fraction of sp³-hybridized carbons (Fsp3) is 0.667. The average Bonchev–Trinajstić information content (AvgIpc) is 2.14. The third-order valence-electron chi connectivity index (χ3n) is 1.38. The molecule has 1 aliphatic heterocycles. The van der Waals surface area contributed by atoms with E-state index in [4.69, 9.17) is 5.11 Å². The van der Waals surface area contributed by atoms with E-state index in [0.29, 0.717) is 0 Å². The normalized spacial score (nSPS) is 19.1. The summed E-state index contributed by atoms with van der Waals surface area (Å²) >= 11 is 0. The Labute approximate surface area is 60.7 Å². The standard InChI is InChI=1S/C6H12N2O.H2O/c1-6(9)8-4-3-7(2)5-8;/h3-4,6,9H,5H2,1-2H3;1H2. The summed E-state index contributed by atoms with van der Waals surface area (Å²) < 4.78 is 0. The van der Waals surface area contributed by atoms with Crippen LogP contribution >= 0.6 is 0 Å². The second-order valence-corrected chi connectivity index (χ2v) is 2.34. The Balaban J connectivity index is 0.000000810. The second-order valence-electron chi connectivity index (χ2n) is 2.34. The molecule has 4 heteroatoms. The van der Waals surface area contributed by atoms with Gasteiger partial charge < -0.3 is 20.4 Å². The molecule has 1 atom stereocenters. The third kappa shape index (κ3) is 1.89. The van der Waals surface area contributed by atoms with Crippen molar-refractivity contribution in [2.75, 3.05) is 13.7 Å². The van der Waals surface area contributed by atoms with E-state index < -0.39 is 0 Å². The van der Waals surface area contributed by atoms with Gasteiger partial charge in [-0.3, -0.25) is 0 Å². The molecule has 0 spiro atoms. The molecule has 0 aromatic heterocycles. The van der Waals surface area contributed by atoms with Crippen LogP contribution in [-0.2, 0) is 0 Å². The van der Waals surface area contributed by atoms with E-state index in [0.717, 1.165) is 6.67 Å². The maximum absolute atomic E-state index is 9.02. The first-order valence-electron chi connectivity index (χ1n) is 3.02. The highest BCUT2D eigenvalue weighted by molar-refractivity contribution is 4.88. The molecular formula is C6H14N2O2. The van der Waals surface area contributed by atoms with E-state index in [1.54, 1.807) is 6.92 Å². The van der Waals surface area contributed by atoms with Crippen LogP contribution in [0, 0.1) is 0 Å². The van der Waals surface area contributed by atoms with Crippen molar-refractivity contribution in [3.8, 4) is 0 Å². The van der Waals surface area contributed by atoms with Gasteiger partial charge in [0.25, 0.3) is 0 Å². The smallest absolute Gasteiger partial charge is 0.125 e. The van der Waals surface area contributed by atoms with Gasteiger partial charge in [0.05, 0.1) is 6.67 Å². The van der Waals surface area contributed by atoms with Gasteiger partial charge in [-0.15, -0.1) is 0 Å². The van der Waals surface area contributed by atoms with E-state index in [1.807, 2.05) is 29.2 Å². The van der Waals surface area contributed by atoms with Gasteiger partial charge in [-0.25, -0.2) is 0 Å². The van der Waals surface area contributed by atoms with Crippen LogP contribution in [0.4, 0.5) is 0 Å². The van der Waals surface area contributed by atoms with Crippen LogP contribution in [-0.4, -0.2) is 40.3 Å². The number of aliphatic hydroxyl groups is 1. The molecule has 1 aliphatic rings. The molecule has 1 unspecified atom stereocenters. The molecule has 1 heterocycles. The fourth-order valence-corrected chi connectivity index (χ4v) is 0.794. The summed E-state index contributed by atoms with van der Waals surface area (Å²) in [5.74, 6) is 0. The maximum Gasteiger partial charge on any atom is 0.125 e. The van der Waals surface area contributed by atoms with E-state index >= 15 is 0 Å². The van der Waals surface area contributed by atoms with Crippen LogP contribution in [0.25, 0.3) is 0 Å². The fourth-order valence-electron chi connectivity index (χ4n) is 0.794. The predicted octanol–water partition coefficient (Wildman–Crippen LogP) is -0.824. The molecule has 0 fully saturated rings. The minimum Gasteiger partial charge on any atom is -0.412 e. The quantitative estimate of drug-likeness (QED) is 0.525. The molecule has 0 aromatic rings. The lowest BCUT2D eigenvalue weighted by atomic mass is 10.6. The van der Waals surface area contributed by atoms with Crippen LogP contribution in [0.5, 0.6) is 0 Å². The minimum absolute atomic E-state index is 0. The zero-order chi connectivity index (χ0) is 6.85. The molecular weight excluding hydrogens is 132 g/mol. The summed E-state index contributed by atoms with van der Waals surface area (Å²) in [5, 5.41) is 9.02. The molecule has 0 aliphatic carbocycles. The van der Waals surface area contributed by atoms with Crippen molar-refractivity contribution in [2.24, 2.45) is 0 Å². The first kappa shape index (κ1) is 9.26. The molecule has 60 valence electrons. The Kier molecular flexibility index (Phi) is 3.18. The maximum atomic E-state index is 9.02. The van der Waals surface area contributed by atoms with Crippen molar-refractivity contribution in [2.45, 2.75) is 13.2 Å². The van der Waals surface area contributed by atoms with Crippen LogP contribution in [0.1, 0.15) is 6.92 Å². The molecule has 0 radical (unpaired) electrons. The largest absolute Gasteiger partial charge is 0.412 e. The summed E-state index contributed by atoms with van der Waals surface area (Å²) in [6.45, 7) is 2.54. The Morgan fingerprint density at radius 3 is 2.30 bits per heavy atom. The summed E-state index contributed by atoms with van der Waals surface area (Å²) in [5.41, 5.74) is 0. The van der Waals surface area contributed by atoms with Crippen molar-refractivity contribution in [1.82, 2.24) is 9.80 Å². The van der Waals surface area contributed by atoms with Crippen molar-refractivity contribution in [1.29, 1.82) is 0 Å². The summed E-state index contributed by atoms with van der Waals surface area (Å²) in [6, 6.07) is 0.